The van der Waals surface area contributed by atoms with Crippen LogP contribution in [0.4, 0.5) is 0 Å². The third kappa shape index (κ3) is 3.52. The van der Waals surface area contributed by atoms with Gasteiger partial charge in [0.1, 0.15) is 11.1 Å². The van der Waals surface area contributed by atoms with E-state index < -0.39 is 6.10 Å². The highest BCUT2D eigenvalue weighted by atomic mass is 32.1. The Bertz CT molecular complexity index is 769. The lowest BCUT2D eigenvalue weighted by molar-refractivity contribution is 0.220. The summed E-state index contributed by atoms with van der Waals surface area (Å²) in [4.78, 5) is 4.74. The fourth-order valence-electron chi connectivity index (χ4n) is 2.39. The zero-order valence-electron chi connectivity index (χ0n) is 13.7. The lowest BCUT2D eigenvalue weighted by Crippen LogP contribution is -2.11. The molecule has 0 aliphatic carbocycles. The average molecular weight is 323 g/mol. The van der Waals surface area contributed by atoms with E-state index in [2.05, 4.69) is 26.2 Å². The van der Waals surface area contributed by atoms with Crippen molar-refractivity contribution in [3.05, 3.63) is 76.8 Å². The van der Waals surface area contributed by atoms with E-state index in [4.69, 9.17) is 4.98 Å². The van der Waals surface area contributed by atoms with Crippen molar-refractivity contribution in [1.29, 1.82) is 0 Å². The Hall–Kier alpha value is -1.97. The molecule has 3 heteroatoms. The van der Waals surface area contributed by atoms with E-state index in [1.165, 1.54) is 0 Å². The fraction of sp³-hybridized carbons (Fsp3) is 0.250. The molecule has 1 unspecified atom stereocenters. The molecular weight excluding hydrogens is 302 g/mol. The van der Waals surface area contributed by atoms with Gasteiger partial charge in [0.2, 0.25) is 0 Å². The van der Waals surface area contributed by atoms with E-state index in [1.807, 2.05) is 54.6 Å². The SMILES string of the molecule is CC(C)(C)c1csc(-c2ccc(C(O)c3ccccc3)cc2)n1. The van der Waals surface area contributed by atoms with Crippen LogP contribution in [0.25, 0.3) is 10.6 Å². The number of aliphatic hydroxyl groups is 1. The summed E-state index contributed by atoms with van der Waals surface area (Å²) in [5, 5.41) is 13.6. The standard InChI is InChI=1S/C20H21NOS/c1-20(2,3)17-13-23-19(21-17)16-11-9-15(10-12-16)18(22)14-7-5-4-6-8-14/h4-13,18,22H,1-3H3. The minimum absolute atomic E-state index is 0.0677. The van der Waals surface area contributed by atoms with Crippen LogP contribution in [-0.2, 0) is 5.41 Å². The summed E-state index contributed by atoms with van der Waals surface area (Å²) in [5.74, 6) is 0. The number of benzene rings is 2. The fourth-order valence-corrected chi connectivity index (χ4v) is 3.44. The molecule has 1 N–H and O–H groups in total. The number of thiazole rings is 1. The predicted molar refractivity (Wildman–Crippen MR) is 96.8 cm³/mol. The lowest BCUT2D eigenvalue weighted by atomic mass is 9.93. The van der Waals surface area contributed by atoms with E-state index in [0.717, 1.165) is 27.4 Å². The third-order valence-corrected chi connectivity index (χ3v) is 4.75. The Morgan fingerprint density at radius 2 is 1.52 bits per heavy atom. The molecular formula is C20H21NOS. The van der Waals surface area contributed by atoms with E-state index in [0.29, 0.717) is 0 Å². The molecule has 0 fully saturated rings. The molecule has 0 saturated carbocycles. The number of hydrogen-bond donors (Lipinski definition) is 1. The summed E-state index contributed by atoms with van der Waals surface area (Å²) in [6.07, 6.45) is -0.591. The third-order valence-electron chi connectivity index (χ3n) is 3.86. The normalized spacial score (nSPS) is 13.0. The quantitative estimate of drug-likeness (QED) is 0.719. The average Bonchev–Trinajstić information content (AvgIpc) is 3.05. The first-order chi connectivity index (χ1) is 10.9. The number of aromatic nitrogens is 1. The maximum Gasteiger partial charge on any atom is 0.123 e. The van der Waals surface area contributed by atoms with Crippen molar-refractivity contribution in [2.75, 3.05) is 0 Å². The molecule has 0 spiro atoms. The minimum Gasteiger partial charge on any atom is -0.384 e. The highest BCUT2D eigenvalue weighted by molar-refractivity contribution is 7.13. The van der Waals surface area contributed by atoms with Crippen LogP contribution in [0.1, 0.15) is 43.7 Å². The van der Waals surface area contributed by atoms with Crippen LogP contribution in [0.5, 0.6) is 0 Å². The molecule has 0 saturated heterocycles. The van der Waals surface area contributed by atoms with E-state index in [-0.39, 0.29) is 5.41 Å². The molecule has 23 heavy (non-hydrogen) atoms. The monoisotopic (exact) mass is 323 g/mol. The molecule has 0 aliphatic heterocycles. The van der Waals surface area contributed by atoms with Gasteiger partial charge in [0.05, 0.1) is 5.69 Å². The molecule has 2 aromatic carbocycles. The number of aliphatic hydroxyl groups excluding tert-OH is 1. The zero-order chi connectivity index (χ0) is 16.4. The van der Waals surface area contributed by atoms with Gasteiger partial charge in [0, 0.05) is 16.4 Å². The smallest absolute Gasteiger partial charge is 0.123 e. The van der Waals surface area contributed by atoms with Gasteiger partial charge in [-0.05, 0) is 11.1 Å². The number of hydrogen-bond acceptors (Lipinski definition) is 3. The lowest BCUT2D eigenvalue weighted by Gasteiger charge is -2.14. The van der Waals surface area contributed by atoms with Crippen LogP contribution in [0.2, 0.25) is 0 Å². The molecule has 1 heterocycles. The van der Waals surface area contributed by atoms with Crippen LogP contribution in [0.15, 0.2) is 60.0 Å². The van der Waals surface area contributed by atoms with Crippen molar-refractivity contribution < 1.29 is 5.11 Å². The Morgan fingerprint density at radius 3 is 2.09 bits per heavy atom. The molecule has 1 aromatic heterocycles. The van der Waals surface area contributed by atoms with Crippen LogP contribution in [-0.4, -0.2) is 10.1 Å². The maximum atomic E-state index is 10.5. The highest BCUT2D eigenvalue weighted by Crippen LogP contribution is 2.31. The molecule has 0 radical (unpaired) electrons. The molecule has 0 bridgehead atoms. The van der Waals surface area contributed by atoms with Gasteiger partial charge in [-0.1, -0.05) is 75.4 Å². The van der Waals surface area contributed by atoms with Gasteiger partial charge in [0.15, 0.2) is 0 Å². The molecule has 0 amide bonds. The van der Waals surface area contributed by atoms with Crippen molar-refractivity contribution in [1.82, 2.24) is 4.98 Å². The van der Waals surface area contributed by atoms with Crippen LogP contribution < -0.4 is 0 Å². The summed E-state index contributed by atoms with van der Waals surface area (Å²) < 4.78 is 0. The van der Waals surface area contributed by atoms with Crippen molar-refractivity contribution >= 4 is 11.3 Å². The van der Waals surface area contributed by atoms with Crippen LogP contribution in [0.3, 0.4) is 0 Å². The highest BCUT2D eigenvalue weighted by Gasteiger charge is 2.18. The zero-order valence-corrected chi connectivity index (χ0v) is 14.5. The summed E-state index contributed by atoms with van der Waals surface area (Å²) in [6, 6.07) is 17.7. The van der Waals surface area contributed by atoms with E-state index in [9.17, 15) is 5.11 Å². The van der Waals surface area contributed by atoms with Crippen molar-refractivity contribution in [2.45, 2.75) is 32.3 Å². The van der Waals surface area contributed by atoms with E-state index >= 15 is 0 Å². The van der Waals surface area contributed by atoms with Gasteiger partial charge in [0.25, 0.3) is 0 Å². The van der Waals surface area contributed by atoms with Gasteiger partial charge >= 0.3 is 0 Å². The predicted octanol–water partition coefficient (Wildman–Crippen LogP) is 5.19. The largest absolute Gasteiger partial charge is 0.384 e. The summed E-state index contributed by atoms with van der Waals surface area (Å²) in [5.41, 5.74) is 4.08. The van der Waals surface area contributed by atoms with Gasteiger partial charge in [-0.3, -0.25) is 0 Å². The maximum absolute atomic E-state index is 10.5. The van der Waals surface area contributed by atoms with Crippen molar-refractivity contribution in [2.24, 2.45) is 0 Å². The Labute approximate surface area is 141 Å². The molecule has 2 nitrogen and oxygen atoms in total. The minimum atomic E-state index is -0.591. The molecule has 3 rings (SSSR count). The van der Waals surface area contributed by atoms with E-state index in [1.54, 1.807) is 11.3 Å². The van der Waals surface area contributed by atoms with Crippen LogP contribution in [0, 0.1) is 0 Å². The first-order valence-electron chi connectivity index (χ1n) is 7.74. The Morgan fingerprint density at radius 1 is 0.913 bits per heavy atom. The van der Waals surface area contributed by atoms with Crippen molar-refractivity contribution in [3.63, 3.8) is 0 Å². The molecule has 118 valence electrons. The van der Waals surface area contributed by atoms with Gasteiger partial charge in [-0.15, -0.1) is 11.3 Å². The van der Waals surface area contributed by atoms with Gasteiger partial charge in [-0.25, -0.2) is 4.98 Å². The Kier molecular flexibility index (Phi) is 4.33. The molecule has 3 aromatic rings. The van der Waals surface area contributed by atoms with Gasteiger partial charge in [-0.2, -0.15) is 0 Å². The number of nitrogens with zero attached hydrogens (tertiary/aromatic N) is 1. The molecule has 0 aliphatic rings. The first-order valence-corrected chi connectivity index (χ1v) is 8.62. The topological polar surface area (TPSA) is 33.1 Å². The summed E-state index contributed by atoms with van der Waals surface area (Å²) in [7, 11) is 0. The van der Waals surface area contributed by atoms with Crippen molar-refractivity contribution in [3.8, 4) is 10.6 Å². The van der Waals surface area contributed by atoms with Crippen LogP contribution >= 0.6 is 11.3 Å². The number of rotatable bonds is 3. The second-order valence-corrected chi connectivity index (χ2v) is 7.58. The first kappa shape index (κ1) is 15.9. The second-order valence-electron chi connectivity index (χ2n) is 6.72. The Balaban J connectivity index is 1.84. The molecule has 1 atom stereocenters. The summed E-state index contributed by atoms with van der Waals surface area (Å²) in [6.45, 7) is 6.52. The second kappa shape index (κ2) is 6.26. The van der Waals surface area contributed by atoms with Gasteiger partial charge < -0.3 is 5.11 Å². The summed E-state index contributed by atoms with van der Waals surface area (Å²) >= 11 is 1.67.